The zero-order chi connectivity index (χ0) is 13.0. The molecule has 0 aliphatic rings. The molecule has 2 aromatic rings. The molecule has 4 nitrogen and oxygen atoms in total. The van der Waals surface area contributed by atoms with Gasteiger partial charge < -0.3 is 5.32 Å². The highest BCUT2D eigenvalue weighted by atomic mass is 19.1. The van der Waals surface area contributed by atoms with Crippen LogP contribution in [0, 0.1) is 12.7 Å². The third-order valence-corrected chi connectivity index (χ3v) is 2.48. The normalized spacial score (nSPS) is 10.3. The molecule has 1 N–H and O–H groups in total. The second-order valence-electron chi connectivity index (χ2n) is 4.03. The molecule has 1 heterocycles. The van der Waals surface area contributed by atoms with Gasteiger partial charge in [0, 0.05) is 18.3 Å². The summed E-state index contributed by atoms with van der Waals surface area (Å²) >= 11 is 0. The fraction of sp³-hybridized carbons (Fsp3) is 0.231. The lowest BCUT2D eigenvalue weighted by atomic mass is 10.3. The molecule has 0 bridgehead atoms. The van der Waals surface area contributed by atoms with Gasteiger partial charge in [-0.25, -0.2) is 9.07 Å². The van der Waals surface area contributed by atoms with E-state index in [1.165, 1.54) is 22.9 Å². The lowest BCUT2D eigenvalue weighted by Gasteiger charge is -2.07. The fourth-order valence-electron chi connectivity index (χ4n) is 1.60. The van der Waals surface area contributed by atoms with Crippen molar-refractivity contribution in [2.75, 3.05) is 11.9 Å². The molecule has 0 radical (unpaired) electrons. The minimum atomic E-state index is -0.286. The second kappa shape index (κ2) is 5.44. The number of anilines is 1. The minimum Gasteiger partial charge on any atom is -0.383 e. The molecule has 0 atom stereocenters. The van der Waals surface area contributed by atoms with E-state index in [1.807, 2.05) is 6.92 Å². The molecular weight excluding hydrogens is 233 g/mol. The molecule has 1 aromatic carbocycles. The number of halogens is 1. The van der Waals surface area contributed by atoms with Gasteiger partial charge in [-0.15, -0.1) is 0 Å². The van der Waals surface area contributed by atoms with Crippen LogP contribution >= 0.6 is 0 Å². The van der Waals surface area contributed by atoms with E-state index in [9.17, 15) is 9.18 Å². The van der Waals surface area contributed by atoms with E-state index in [0.717, 1.165) is 5.56 Å². The van der Waals surface area contributed by atoms with E-state index in [-0.39, 0.29) is 11.4 Å². The Morgan fingerprint density at radius 2 is 2.22 bits per heavy atom. The number of aromatic nitrogens is 2. The fourth-order valence-corrected chi connectivity index (χ4v) is 1.60. The van der Waals surface area contributed by atoms with Crippen LogP contribution in [0.4, 0.5) is 10.1 Å². The van der Waals surface area contributed by atoms with E-state index in [2.05, 4.69) is 10.4 Å². The molecule has 0 amide bonds. The molecule has 2 rings (SSSR count). The van der Waals surface area contributed by atoms with E-state index in [0.29, 0.717) is 18.8 Å². The Morgan fingerprint density at radius 1 is 1.39 bits per heavy atom. The summed E-state index contributed by atoms with van der Waals surface area (Å²) in [5.41, 5.74) is 1.40. The Kier molecular flexibility index (Phi) is 3.72. The summed E-state index contributed by atoms with van der Waals surface area (Å²) in [5, 5.41) is 7.05. The zero-order valence-electron chi connectivity index (χ0n) is 10.1. The van der Waals surface area contributed by atoms with E-state index in [1.54, 1.807) is 18.3 Å². The van der Waals surface area contributed by atoms with Gasteiger partial charge >= 0.3 is 0 Å². The van der Waals surface area contributed by atoms with Crippen molar-refractivity contribution >= 4 is 5.69 Å². The summed E-state index contributed by atoms with van der Waals surface area (Å²) < 4.78 is 14.3. The van der Waals surface area contributed by atoms with Crippen LogP contribution in [0.25, 0.3) is 0 Å². The van der Waals surface area contributed by atoms with Crippen molar-refractivity contribution in [3.05, 3.63) is 58.3 Å². The van der Waals surface area contributed by atoms with Gasteiger partial charge in [-0.1, -0.05) is 6.07 Å². The number of hydrogen-bond donors (Lipinski definition) is 1. The number of benzene rings is 1. The predicted molar refractivity (Wildman–Crippen MR) is 68.1 cm³/mol. The van der Waals surface area contributed by atoms with E-state index < -0.39 is 0 Å². The summed E-state index contributed by atoms with van der Waals surface area (Å²) in [5.74, 6) is -0.286. The Balaban J connectivity index is 1.94. The zero-order valence-corrected chi connectivity index (χ0v) is 10.1. The third-order valence-electron chi connectivity index (χ3n) is 2.48. The van der Waals surface area contributed by atoms with Gasteiger partial charge in [0.25, 0.3) is 5.56 Å². The quantitative estimate of drug-likeness (QED) is 0.896. The Labute approximate surface area is 104 Å². The maximum atomic E-state index is 12.9. The number of aryl methyl sites for hydroxylation is 1. The summed E-state index contributed by atoms with van der Waals surface area (Å²) in [6, 6.07) is 7.74. The summed E-state index contributed by atoms with van der Waals surface area (Å²) in [7, 11) is 0. The number of hydrogen-bond acceptors (Lipinski definition) is 3. The van der Waals surface area contributed by atoms with Crippen molar-refractivity contribution in [1.29, 1.82) is 0 Å². The van der Waals surface area contributed by atoms with Crippen LogP contribution in [0.3, 0.4) is 0 Å². The van der Waals surface area contributed by atoms with Gasteiger partial charge in [-0.2, -0.15) is 5.10 Å². The number of rotatable bonds is 4. The monoisotopic (exact) mass is 247 g/mol. The SMILES string of the molecule is Cc1cnn(CCNc2cccc(F)c2)c(=O)c1. The Hall–Kier alpha value is -2.17. The molecule has 0 aliphatic carbocycles. The van der Waals surface area contributed by atoms with Crippen LogP contribution in [0.5, 0.6) is 0 Å². The molecule has 0 unspecified atom stereocenters. The first kappa shape index (κ1) is 12.3. The van der Waals surface area contributed by atoms with Gasteiger partial charge in [0.1, 0.15) is 5.82 Å². The first-order valence-corrected chi connectivity index (χ1v) is 5.68. The largest absolute Gasteiger partial charge is 0.383 e. The van der Waals surface area contributed by atoms with Crippen LogP contribution in [-0.2, 0) is 6.54 Å². The first-order chi connectivity index (χ1) is 8.65. The summed E-state index contributed by atoms with van der Waals surface area (Å²) in [6.07, 6.45) is 1.64. The lowest BCUT2D eigenvalue weighted by molar-refractivity contribution is 0.594. The maximum absolute atomic E-state index is 12.9. The molecule has 0 saturated heterocycles. The third kappa shape index (κ3) is 3.16. The molecule has 0 aliphatic heterocycles. The molecule has 18 heavy (non-hydrogen) atoms. The Bertz CT molecular complexity index is 595. The van der Waals surface area contributed by atoms with Crippen molar-refractivity contribution in [2.45, 2.75) is 13.5 Å². The topological polar surface area (TPSA) is 46.9 Å². The van der Waals surface area contributed by atoms with Gasteiger partial charge in [-0.05, 0) is 30.7 Å². The summed E-state index contributed by atoms with van der Waals surface area (Å²) in [4.78, 5) is 11.5. The lowest BCUT2D eigenvalue weighted by Crippen LogP contribution is -2.25. The highest BCUT2D eigenvalue weighted by Crippen LogP contribution is 2.08. The van der Waals surface area contributed by atoms with Crippen molar-refractivity contribution in [1.82, 2.24) is 9.78 Å². The van der Waals surface area contributed by atoms with Crippen LogP contribution in [0.2, 0.25) is 0 Å². The summed E-state index contributed by atoms with van der Waals surface area (Å²) in [6.45, 7) is 2.78. The second-order valence-corrected chi connectivity index (χ2v) is 4.03. The van der Waals surface area contributed by atoms with Crippen molar-refractivity contribution < 1.29 is 4.39 Å². The van der Waals surface area contributed by atoms with E-state index in [4.69, 9.17) is 0 Å². The molecule has 5 heteroatoms. The van der Waals surface area contributed by atoms with Crippen LogP contribution in [0.1, 0.15) is 5.56 Å². The molecule has 0 fully saturated rings. The highest BCUT2D eigenvalue weighted by Gasteiger charge is 1.98. The number of nitrogens with zero attached hydrogens (tertiary/aromatic N) is 2. The van der Waals surface area contributed by atoms with Gasteiger partial charge in [0.2, 0.25) is 0 Å². The minimum absolute atomic E-state index is 0.129. The average molecular weight is 247 g/mol. The van der Waals surface area contributed by atoms with Crippen molar-refractivity contribution in [3.63, 3.8) is 0 Å². The molecular formula is C13H14FN3O. The van der Waals surface area contributed by atoms with E-state index >= 15 is 0 Å². The number of nitrogens with one attached hydrogen (secondary N) is 1. The molecule has 0 saturated carbocycles. The van der Waals surface area contributed by atoms with Crippen LogP contribution in [0.15, 0.2) is 41.3 Å². The van der Waals surface area contributed by atoms with Gasteiger partial charge in [0.15, 0.2) is 0 Å². The predicted octanol–water partition coefficient (Wildman–Crippen LogP) is 1.80. The van der Waals surface area contributed by atoms with Gasteiger partial charge in [-0.3, -0.25) is 4.79 Å². The first-order valence-electron chi connectivity index (χ1n) is 5.68. The molecule has 1 aromatic heterocycles. The van der Waals surface area contributed by atoms with Crippen LogP contribution < -0.4 is 10.9 Å². The standard InChI is InChI=1S/C13H14FN3O/c1-10-7-13(18)17(16-9-10)6-5-15-12-4-2-3-11(14)8-12/h2-4,7-9,15H,5-6H2,1H3. The molecule has 94 valence electrons. The average Bonchev–Trinajstić information content (AvgIpc) is 2.32. The van der Waals surface area contributed by atoms with Gasteiger partial charge in [0.05, 0.1) is 12.7 Å². The maximum Gasteiger partial charge on any atom is 0.267 e. The van der Waals surface area contributed by atoms with Crippen molar-refractivity contribution in [3.8, 4) is 0 Å². The van der Waals surface area contributed by atoms with Crippen molar-refractivity contribution in [2.24, 2.45) is 0 Å². The molecule has 0 spiro atoms. The van der Waals surface area contributed by atoms with Crippen LogP contribution in [-0.4, -0.2) is 16.3 Å². The smallest absolute Gasteiger partial charge is 0.267 e. The Morgan fingerprint density at radius 3 is 2.94 bits per heavy atom. The highest BCUT2D eigenvalue weighted by molar-refractivity contribution is 5.42.